The molecule has 1 unspecified atom stereocenters. The molecule has 6 aromatic rings. The smallest absolute Gasteiger partial charge is 0.186 e. The summed E-state index contributed by atoms with van der Waals surface area (Å²) in [4.78, 5) is 13.1. The number of anilines is 1. The minimum atomic E-state index is -0.518. The first-order valence-electron chi connectivity index (χ1n) is 11.8. The highest BCUT2D eigenvalue weighted by Crippen LogP contribution is 2.24. The van der Waals surface area contributed by atoms with Crippen molar-refractivity contribution in [2.24, 2.45) is 0 Å². The van der Waals surface area contributed by atoms with Crippen LogP contribution in [0.2, 0.25) is 5.02 Å². The molecule has 0 aliphatic rings. The lowest BCUT2D eigenvalue weighted by Gasteiger charge is -2.13. The molecule has 1 N–H and O–H groups in total. The van der Waals surface area contributed by atoms with Crippen molar-refractivity contribution >= 4 is 39.4 Å². The molecule has 0 aliphatic carbocycles. The van der Waals surface area contributed by atoms with Gasteiger partial charge in [-0.2, -0.15) is 10.2 Å². The van der Waals surface area contributed by atoms with Crippen LogP contribution in [0.15, 0.2) is 79.5 Å². The summed E-state index contributed by atoms with van der Waals surface area (Å²) in [7, 11) is 0. The number of fused-ring (bicyclic) bond motifs is 2. The second-order valence-electron chi connectivity index (χ2n) is 8.78. The van der Waals surface area contributed by atoms with Crippen molar-refractivity contribution in [3.8, 4) is 0 Å². The Bertz CT molecular complexity index is 1700. The third-order valence-electron chi connectivity index (χ3n) is 6.34. The van der Waals surface area contributed by atoms with Gasteiger partial charge in [0, 0.05) is 24.0 Å². The van der Waals surface area contributed by atoms with E-state index < -0.39 is 5.82 Å². The number of aromatic nitrogens is 7. The Kier molecular flexibility index (Phi) is 5.97. The summed E-state index contributed by atoms with van der Waals surface area (Å²) in [6, 6.07) is 17.5. The Balaban J connectivity index is 1.19. The van der Waals surface area contributed by atoms with E-state index in [4.69, 9.17) is 11.6 Å². The molecule has 0 fully saturated rings. The summed E-state index contributed by atoms with van der Waals surface area (Å²) in [6.07, 6.45) is 7.14. The van der Waals surface area contributed by atoms with E-state index in [0.717, 1.165) is 10.9 Å². The molecule has 184 valence electrons. The van der Waals surface area contributed by atoms with E-state index in [2.05, 4.69) is 61.7 Å². The molecule has 0 amide bonds. The van der Waals surface area contributed by atoms with Crippen LogP contribution in [0.4, 0.5) is 10.2 Å². The lowest BCUT2D eigenvalue weighted by molar-refractivity contribution is 0.564. The molecule has 10 heteroatoms. The molecular formula is C27H22ClFN8. The summed E-state index contributed by atoms with van der Waals surface area (Å²) >= 11 is 5.92. The van der Waals surface area contributed by atoms with Gasteiger partial charge in [0.2, 0.25) is 0 Å². The summed E-state index contributed by atoms with van der Waals surface area (Å²) < 4.78 is 18.2. The predicted molar refractivity (Wildman–Crippen MR) is 141 cm³/mol. The van der Waals surface area contributed by atoms with Crippen LogP contribution in [0.1, 0.15) is 29.8 Å². The van der Waals surface area contributed by atoms with Crippen LogP contribution in [-0.4, -0.2) is 34.5 Å². The molecule has 0 spiro atoms. The van der Waals surface area contributed by atoms with E-state index in [1.54, 1.807) is 12.3 Å². The number of halogens is 2. The highest BCUT2D eigenvalue weighted by Gasteiger charge is 2.12. The Morgan fingerprint density at radius 3 is 2.70 bits per heavy atom. The SMILES string of the molecule is CC(c1ccc(Cn2cc3c(NCc4ccc5ccc(Cl)c(F)c5n4)ncnc3n2)cc1)n1cccn1. The Morgan fingerprint density at radius 1 is 1.05 bits per heavy atom. The number of rotatable bonds is 7. The molecular weight excluding hydrogens is 491 g/mol. The van der Waals surface area contributed by atoms with Crippen LogP contribution >= 0.6 is 11.6 Å². The van der Waals surface area contributed by atoms with Crippen LogP contribution in [0.5, 0.6) is 0 Å². The number of hydrogen-bond acceptors (Lipinski definition) is 6. The van der Waals surface area contributed by atoms with E-state index in [1.165, 1.54) is 18.0 Å². The maximum absolute atomic E-state index is 14.4. The first-order chi connectivity index (χ1) is 18.0. The Hall–Kier alpha value is -4.37. The van der Waals surface area contributed by atoms with Crippen molar-refractivity contribution in [3.63, 3.8) is 0 Å². The maximum Gasteiger partial charge on any atom is 0.186 e. The van der Waals surface area contributed by atoms with Crippen molar-refractivity contribution in [3.05, 3.63) is 107 Å². The second kappa shape index (κ2) is 9.59. The quantitative estimate of drug-likeness (QED) is 0.298. The topological polar surface area (TPSA) is 86.3 Å². The van der Waals surface area contributed by atoms with E-state index in [9.17, 15) is 4.39 Å². The minimum Gasteiger partial charge on any atom is -0.364 e. The van der Waals surface area contributed by atoms with Gasteiger partial charge >= 0.3 is 0 Å². The average Bonchev–Trinajstić information content (AvgIpc) is 3.60. The third kappa shape index (κ3) is 4.61. The zero-order valence-electron chi connectivity index (χ0n) is 19.9. The van der Waals surface area contributed by atoms with Crippen LogP contribution in [0.3, 0.4) is 0 Å². The van der Waals surface area contributed by atoms with Gasteiger partial charge in [-0.1, -0.05) is 48.0 Å². The van der Waals surface area contributed by atoms with Gasteiger partial charge in [-0.05, 0) is 36.2 Å². The van der Waals surface area contributed by atoms with Crippen molar-refractivity contribution < 1.29 is 4.39 Å². The van der Waals surface area contributed by atoms with Crippen LogP contribution in [0, 0.1) is 5.82 Å². The summed E-state index contributed by atoms with van der Waals surface area (Å²) in [5, 5.41) is 13.8. The van der Waals surface area contributed by atoms with E-state index in [-0.39, 0.29) is 16.6 Å². The molecule has 0 radical (unpaired) electrons. The van der Waals surface area contributed by atoms with Crippen LogP contribution in [-0.2, 0) is 13.1 Å². The molecule has 1 atom stereocenters. The molecule has 0 saturated heterocycles. The highest BCUT2D eigenvalue weighted by atomic mass is 35.5. The summed E-state index contributed by atoms with van der Waals surface area (Å²) in [6.45, 7) is 3.07. The molecule has 8 nitrogen and oxygen atoms in total. The third-order valence-corrected chi connectivity index (χ3v) is 6.63. The largest absolute Gasteiger partial charge is 0.364 e. The average molecular weight is 513 g/mol. The van der Waals surface area contributed by atoms with Crippen molar-refractivity contribution in [1.29, 1.82) is 0 Å². The first kappa shape index (κ1) is 23.1. The number of benzene rings is 2. The van der Waals surface area contributed by atoms with Gasteiger partial charge in [0.1, 0.15) is 17.7 Å². The molecule has 0 aliphatic heterocycles. The number of pyridine rings is 1. The lowest BCUT2D eigenvalue weighted by atomic mass is 10.1. The number of nitrogens with zero attached hydrogens (tertiary/aromatic N) is 7. The molecule has 0 saturated carbocycles. The number of hydrogen-bond donors (Lipinski definition) is 1. The molecule has 4 aromatic heterocycles. The molecule has 4 heterocycles. The zero-order valence-corrected chi connectivity index (χ0v) is 20.6. The van der Waals surface area contributed by atoms with Gasteiger partial charge in [-0.3, -0.25) is 9.36 Å². The lowest BCUT2D eigenvalue weighted by Crippen LogP contribution is -2.07. The zero-order chi connectivity index (χ0) is 25.4. The normalized spacial score (nSPS) is 12.3. The summed E-state index contributed by atoms with van der Waals surface area (Å²) in [5.74, 6) is 0.115. The van der Waals surface area contributed by atoms with Gasteiger partial charge in [0.25, 0.3) is 0 Å². The van der Waals surface area contributed by atoms with Crippen molar-refractivity contribution in [2.75, 3.05) is 5.32 Å². The molecule has 2 aromatic carbocycles. The Labute approximate surface area is 216 Å². The second-order valence-corrected chi connectivity index (χ2v) is 9.19. The van der Waals surface area contributed by atoms with Crippen molar-refractivity contribution in [1.82, 2.24) is 34.5 Å². The number of nitrogens with one attached hydrogen (secondary N) is 1. The van der Waals surface area contributed by atoms with Crippen LogP contribution < -0.4 is 5.32 Å². The highest BCUT2D eigenvalue weighted by molar-refractivity contribution is 6.31. The van der Waals surface area contributed by atoms with E-state index >= 15 is 0 Å². The van der Waals surface area contributed by atoms with Gasteiger partial charge in [0.05, 0.1) is 35.2 Å². The fraction of sp³-hybridized carbons (Fsp3) is 0.148. The maximum atomic E-state index is 14.4. The standard InChI is InChI=1S/C27H22ClFN8/c1-17(37-12-2-11-33-37)19-5-3-18(4-6-19)14-36-15-22-26(31-16-32-27(22)35-36)30-13-21-9-7-20-8-10-23(28)24(29)25(20)34-21/h2-12,15-17H,13-14H2,1H3,(H,30,31,32,35). The molecule has 37 heavy (non-hydrogen) atoms. The van der Waals surface area contributed by atoms with Crippen LogP contribution in [0.25, 0.3) is 21.9 Å². The minimum absolute atomic E-state index is 0.0529. The van der Waals surface area contributed by atoms with E-state index in [1.807, 2.05) is 40.0 Å². The first-order valence-corrected chi connectivity index (χ1v) is 12.2. The Morgan fingerprint density at radius 2 is 1.89 bits per heavy atom. The predicted octanol–water partition coefficient (Wildman–Crippen LogP) is 5.63. The van der Waals surface area contributed by atoms with Crippen molar-refractivity contribution in [2.45, 2.75) is 26.1 Å². The molecule has 6 rings (SSSR count). The van der Waals surface area contributed by atoms with Gasteiger partial charge in [0.15, 0.2) is 11.5 Å². The fourth-order valence-corrected chi connectivity index (χ4v) is 4.45. The fourth-order valence-electron chi connectivity index (χ4n) is 4.30. The monoisotopic (exact) mass is 512 g/mol. The van der Waals surface area contributed by atoms with E-state index in [0.29, 0.717) is 35.6 Å². The molecule has 0 bridgehead atoms. The summed E-state index contributed by atoms with van der Waals surface area (Å²) in [5.41, 5.74) is 3.80. The van der Waals surface area contributed by atoms with Gasteiger partial charge < -0.3 is 5.32 Å². The van der Waals surface area contributed by atoms with Gasteiger partial charge in [-0.25, -0.2) is 19.3 Å². The van der Waals surface area contributed by atoms with Gasteiger partial charge in [-0.15, -0.1) is 0 Å².